The van der Waals surface area contributed by atoms with Crippen LogP contribution in [0.3, 0.4) is 0 Å². The summed E-state index contributed by atoms with van der Waals surface area (Å²) >= 11 is 0. The molecule has 0 heterocycles. The van der Waals surface area contributed by atoms with Crippen LogP contribution in [-0.4, -0.2) is 22.8 Å². The average Bonchev–Trinajstić information content (AvgIpc) is 2.72. The molecule has 2 aromatic rings. The molecule has 1 saturated carbocycles. The summed E-state index contributed by atoms with van der Waals surface area (Å²) in [6, 6.07) is 11.6. The largest absolute Gasteiger partial charge is 0.508 e. The molecule has 0 saturated heterocycles. The van der Waals surface area contributed by atoms with Gasteiger partial charge >= 0.3 is 5.97 Å². The minimum atomic E-state index is -0.591. The second kappa shape index (κ2) is 9.04. The molecule has 1 atom stereocenters. The molecule has 0 aromatic heterocycles. The van der Waals surface area contributed by atoms with Crippen LogP contribution in [0.25, 0.3) is 0 Å². The molecule has 4 heteroatoms. The van der Waals surface area contributed by atoms with E-state index >= 15 is 0 Å². The Balaban J connectivity index is 2.35. The highest BCUT2D eigenvalue weighted by molar-refractivity contribution is 5.76. The van der Waals surface area contributed by atoms with Crippen molar-refractivity contribution in [3.8, 4) is 11.5 Å². The normalized spacial score (nSPS) is 18.7. The molecule has 1 fully saturated rings. The summed E-state index contributed by atoms with van der Waals surface area (Å²) in [5, 5.41) is 21.3. The maximum absolute atomic E-state index is 13.3. The molecule has 0 spiro atoms. The fourth-order valence-corrected chi connectivity index (χ4v) is 5.42. The van der Waals surface area contributed by atoms with Gasteiger partial charge in [-0.2, -0.15) is 0 Å². The topological polar surface area (TPSA) is 66.8 Å². The molecular formula is C29H40O4. The van der Waals surface area contributed by atoms with Crippen molar-refractivity contribution < 1.29 is 19.7 Å². The number of phenolic OH excluding ortho intramolecular Hbond substituents is 2. The van der Waals surface area contributed by atoms with Gasteiger partial charge in [0.1, 0.15) is 11.5 Å². The summed E-state index contributed by atoms with van der Waals surface area (Å²) in [6.45, 7) is 14.7. The molecule has 2 aromatic carbocycles. The standard InChI is InChI=1S/C29H40O4/c1-8-33-26(32)21-11-9-10-16-29(21,19-12-14-24(30)22(17-19)27(2,3)4)20-13-15-25(31)23(18-20)28(5,6)7/h12-15,17-18,21,30-31H,8-11,16H2,1-7H3. The SMILES string of the molecule is CCOC(=O)C1CCCCC1(c1ccc(O)c(C(C)(C)C)c1)c1ccc(O)c(C(C)(C)C)c1. The van der Waals surface area contributed by atoms with Crippen LogP contribution in [0.4, 0.5) is 0 Å². The second-order valence-electron chi connectivity index (χ2n) is 11.5. The van der Waals surface area contributed by atoms with Crippen molar-refractivity contribution in [1.29, 1.82) is 0 Å². The monoisotopic (exact) mass is 452 g/mol. The number of carbonyl (C=O) groups excluding carboxylic acids is 1. The predicted octanol–water partition coefficient (Wildman–Crippen LogP) is 6.73. The first-order chi connectivity index (χ1) is 15.3. The maximum Gasteiger partial charge on any atom is 0.310 e. The molecule has 0 aliphatic heterocycles. The second-order valence-corrected chi connectivity index (χ2v) is 11.5. The first-order valence-electron chi connectivity index (χ1n) is 12.2. The Morgan fingerprint density at radius 2 is 1.39 bits per heavy atom. The Labute approximate surface area is 199 Å². The van der Waals surface area contributed by atoms with Crippen molar-refractivity contribution in [2.24, 2.45) is 5.92 Å². The van der Waals surface area contributed by atoms with E-state index in [1.54, 1.807) is 12.1 Å². The summed E-state index contributed by atoms with van der Waals surface area (Å²) in [4.78, 5) is 13.3. The third-order valence-electron chi connectivity index (χ3n) is 7.12. The van der Waals surface area contributed by atoms with Crippen LogP contribution in [0.15, 0.2) is 36.4 Å². The van der Waals surface area contributed by atoms with Crippen molar-refractivity contribution in [3.63, 3.8) is 0 Å². The molecule has 4 nitrogen and oxygen atoms in total. The van der Waals surface area contributed by atoms with E-state index in [4.69, 9.17) is 4.74 Å². The van der Waals surface area contributed by atoms with Crippen molar-refractivity contribution in [3.05, 3.63) is 58.7 Å². The smallest absolute Gasteiger partial charge is 0.310 e. The quantitative estimate of drug-likeness (QED) is 0.505. The third-order valence-corrected chi connectivity index (χ3v) is 7.12. The number of benzene rings is 2. The van der Waals surface area contributed by atoms with Gasteiger partial charge in [0, 0.05) is 5.41 Å². The van der Waals surface area contributed by atoms with Gasteiger partial charge < -0.3 is 14.9 Å². The van der Waals surface area contributed by atoms with Crippen molar-refractivity contribution in [2.45, 2.75) is 90.4 Å². The first kappa shape index (κ1) is 25.1. The molecule has 33 heavy (non-hydrogen) atoms. The molecule has 1 unspecified atom stereocenters. The van der Waals surface area contributed by atoms with Gasteiger partial charge in [-0.1, -0.05) is 78.6 Å². The average molecular weight is 453 g/mol. The molecule has 2 N–H and O–H groups in total. The predicted molar refractivity (Wildman–Crippen MR) is 133 cm³/mol. The Kier molecular flexibility index (Phi) is 6.89. The highest BCUT2D eigenvalue weighted by atomic mass is 16.5. The lowest BCUT2D eigenvalue weighted by molar-refractivity contribution is -0.151. The maximum atomic E-state index is 13.3. The van der Waals surface area contributed by atoms with E-state index in [-0.39, 0.29) is 34.2 Å². The molecule has 0 radical (unpaired) electrons. The summed E-state index contributed by atoms with van der Waals surface area (Å²) in [7, 11) is 0. The zero-order valence-electron chi connectivity index (χ0n) is 21.3. The van der Waals surface area contributed by atoms with E-state index in [9.17, 15) is 15.0 Å². The number of esters is 1. The lowest BCUT2D eigenvalue weighted by Gasteiger charge is -2.45. The number of hydrogen-bond acceptors (Lipinski definition) is 4. The van der Waals surface area contributed by atoms with Crippen LogP contribution in [0.2, 0.25) is 0 Å². The van der Waals surface area contributed by atoms with E-state index in [0.29, 0.717) is 6.61 Å². The molecule has 0 amide bonds. The van der Waals surface area contributed by atoms with E-state index in [1.807, 2.05) is 19.1 Å². The van der Waals surface area contributed by atoms with Crippen LogP contribution in [0, 0.1) is 5.92 Å². The summed E-state index contributed by atoms with van der Waals surface area (Å²) in [5.41, 5.74) is 2.68. The Bertz CT molecular complexity index is 944. The fourth-order valence-electron chi connectivity index (χ4n) is 5.42. The zero-order chi connectivity index (χ0) is 24.6. The summed E-state index contributed by atoms with van der Waals surface area (Å²) in [5.74, 6) is 0.0332. The number of ether oxygens (including phenoxy) is 1. The highest BCUT2D eigenvalue weighted by Crippen LogP contribution is 2.51. The van der Waals surface area contributed by atoms with Gasteiger partial charge in [0.25, 0.3) is 0 Å². The van der Waals surface area contributed by atoms with Gasteiger partial charge in [-0.25, -0.2) is 0 Å². The Morgan fingerprint density at radius 1 is 0.909 bits per heavy atom. The minimum Gasteiger partial charge on any atom is -0.508 e. The zero-order valence-corrected chi connectivity index (χ0v) is 21.3. The van der Waals surface area contributed by atoms with Crippen molar-refractivity contribution in [1.82, 2.24) is 0 Å². The lowest BCUT2D eigenvalue weighted by atomic mass is 9.58. The van der Waals surface area contributed by atoms with E-state index in [2.05, 4.69) is 53.7 Å². The van der Waals surface area contributed by atoms with Crippen molar-refractivity contribution >= 4 is 5.97 Å². The van der Waals surface area contributed by atoms with Crippen LogP contribution in [0.5, 0.6) is 11.5 Å². The van der Waals surface area contributed by atoms with Crippen LogP contribution in [0.1, 0.15) is 96.4 Å². The van der Waals surface area contributed by atoms with Crippen LogP contribution < -0.4 is 0 Å². The van der Waals surface area contributed by atoms with Gasteiger partial charge in [-0.05, 0) is 65.0 Å². The van der Waals surface area contributed by atoms with E-state index in [0.717, 1.165) is 47.9 Å². The van der Waals surface area contributed by atoms with E-state index < -0.39 is 5.41 Å². The van der Waals surface area contributed by atoms with Crippen LogP contribution in [-0.2, 0) is 25.8 Å². The molecule has 3 rings (SSSR count). The van der Waals surface area contributed by atoms with Crippen LogP contribution >= 0.6 is 0 Å². The highest BCUT2D eigenvalue weighted by Gasteiger charge is 2.48. The Hall–Kier alpha value is -2.49. The number of aromatic hydroxyl groups is 2. The number of carbonyl (C=O) groups is 1. The molecule has 0 bridgehead atoms. The summed E-state index contributed by atoms with van der Waals surface area (Å²) < 4.78 is 5.58. The third kappa shape index (κ3) is 4.76. The van der Waals surface area contributed by atoms with Gasteiger partial charge in [0.05, 0.1) is 12.5 Å². The van der Waals surface area contributed by atoms with Gasteiger partial charge in [0.2, 0.25) is 0 Å². The van der Waals surface area contributed by atoms with Gasteiger partial charge in [0.15, 0.2) is 0 Å². The molecule has 180 valence electrons. The molecular weight excluding hydrogens is 412 g/mol. The number of phenols is 2. The lowest BCUT2D eigenvalue weighted by Crippen LogP contribution is -2.44. The number of hydrogen-bond donors (Lipinski definition) is 2. The minimum absolute atomic E-state index is 0.173. The fraction of sp³-hybridized carbons (Fsp3) is 0.552. The van der Waals surface area contributed by atoms with Crippen molar-refractivity contribution in [2.75, 3.05) is 6.61 Å². The Morgan fingerprint density at radius 3 is 1.82 bits per heavy atom. The molecule has 1 aliphatic rings. The first-order valence-corrected chi connectivity index (χ1v) is 12.2. The molecule has 1 aliphatic carbocycles. The van der Waals surface area contributed by atoms with Gasteiger partial charge in [-0.3, -0.25) is 4.79 Å². The van der Waals surface area contributed by atoms with Gasteiger partial charge in [-0.15, -0.1) is 0 Å². The number of rotatable bonds is 4. The van der Waals surface area contributed by atoms with E-state index in [1.165, 1.54) is 0 Å². The summed E-state index contributed by atoms with van der Waals surface area (Å²) in [6.07, 6.45) is 3.52.